The Labute approximate surface area is 255 Å². The van der Waals surface area contributed by atoms with E-state index in [0.29, 0.717) is 19.0 Å². The summed E-state index contributed by atoms with van der Waals surface area (Å²) in [7, 11) is 0. The lowest BCUT2D eigenvalue weighted by molar-refractivity contribution is -0.137. The van der Waals surface area contributed by atoms with Crippen LogP contribution in [0.5, 0.6) is 11.9 Å². The van der Waals surface area contributed by atoms with Crippen LogP contribution >= 0.6 is 0 Å². The molecule has 0 amide bonds. The average Bonchev–Trinajstić information content (AvgIpc) is 3.47. The van der Waals surface area contributed by atoms with Crippen LogP contribution in [0.25, 0.3) is 22.2 Å². The van der Waals surface area contributed by atoms with Crippen molar-refractivity contribution in [1.82, 2.24) is 25.2 Å². The van der Waals surface area contributed by atoms with Gasteiger partial charge in [-0.3, -0.25) is 4.90 Å². The van der Waals surface area contributed by atoms with Gasteiger partial charge in [-0.25, -0.2) is 13.8 Å². The molecule has 240 valence electrons. The van der Waals surface area contributed by atoms with Gasteiger partial charge in [-0.2, -0.15) is 23.1 Å². The Hall–Kier alpha value is -3.56. The number of anilines is 2. The number of alkyl halides is 3. The molecule has 10 nitrogen and oxygen atoms in total. The lowest BCUT2D eigenvalue weighted by Crippen LogP contribution is -2.62. The number of nitrogens with two attached hydrogens (primary N) is 1. The second kappa shape index (κ2) is 10.2. The van der Waals surface area contributed by atoms with Gasteiger partial charge in [-0.05, 0) is 44.7 Å². The SMILES string of the molecule is Cc1c(F)c(N)cc(-c2nc3c4c(nc(OC[C@@H]5C[C@@H]6CN5CCO6)nc4c2F)N2C[C@H]4CC[C@H](N4)[C@H]2[C@H](C)O3)c1C(F)(F)F. The third-order valence-corrected chi connectivity index (χ3v) is 9.92. The van der Waals surface area contributed by atoms with Crippen LogP contribution in [0.15, 0.2) is 6.07 Å². The highest BCUT2D eigenvalue weighted by Crippen LogP contribution is 2.47. The van der Waals surface area contributed by atoms with Gasteiger partial charge in [0.1, 0.15) is 40.9 Å². The van der Waals surface area contributed by atoms with Crippen LogP contribution < -0.4 is 25.4 Å². The van der Waals surface area contributed by atoms with E-state index in [-0.39, 0.29) is 59.7 Å². The van der Waals surface area contributed by atoms with Crippen LogP contribution in [0.1, 0.15) is 37.3 Å². The molecular formula is C30H32F5N7O3. The predicted molar refractivity (Wildman–Crippen MR) is 153 cm³/mol. The number of hydrogen-bond donors (Lipinski definition) is 2. The van der Waals surface area contributed by atoms with Gasteiger partial charge in [0.15, 0.2) is 5.82 Å². The molecule has 3 aromatic rings. The maximum absolute atomic E-state index is 16.7. The number of nitrogens with zero attached hydrogens (tertiary/aromatic N) is 5. The molecule has 7 atom stereocenters. The first-order chi connectivity index (χ1) is 21.5. The zero-order valence-electron chi connectivity index (χ0n) is 24.6. The largest absolute Gasteiger partial charge is 0.472 e. The number of aromatic nitrogens is 3. The van der Waals surface area contributed by atoms with Crippen molar-refractivity contribution in [1.29, 1.82) is 0 Å². The number of rotatable bonds is 4. The lowest BCUT2D eigenvalue weighted by Gasteiger charge is -2.42. The van der Waals surface area contributed by atoms with Crippen molar-refractivity contribution in [3.05, 3.63) is 28.8 Å². The molecule has 0 radical (unpaired) electrons. The fourth-order valence-electron chi connectivity index (χ4n) is 7.92. The lowest BCUT2D eigenvalue weighted by atomic mass is 9.96. The third-order valence-electron chi connectivity index (χ3n) is 9.92. The normalized spacial score (nSPS) is 30.3. The number of morpholine rings is 1. The van der Waals surface area contributed by atoms with E-state index in [4.69, 9.17) is 24.9 Å². The van der Waals surface area contributed by atoms with E-state index in [1.165, 1.54) is 0 Å². The highest BCUT2D eigenvalue weighted by molar-refractivity contribution is 5.97. The Kier molecular flexibility index (Phi) is 6.56. The molecule has 1 unspecified atom stereocenters. The standard InChI is InChI=1S/C30H32F5N7O3/c1-12-21(30(33,34)35)17(8-18(36)22(12)31)24-23(32)25-20-27(40-29(39-25)44-11-15-7-16-10-41(15)5-6-43-16)42-9-14-3-4-19(37-14)26(42)13(2)45-28(20)38-24/h8,13-16,19,26,37H,3-7,9-11,36H2,1-2H3/t13-,14+,15-,16+,19-,26+/m0/s1. The third kappa shape index (κ3) is 4.56. The van der Waals surface area contributed by atoms with Crippen molar-refractivity contribution in [3.63, 3.8) is 0 Å². The first kappa shape index (κ1) is 28.9. The van der Waals surface area contributed by atoms with Crippen LogP contribution in [0.3, 0.4) is 0 Å². The van der Waals surface area contributed by atoms with Crippen LogP contribution in [0.2, 0.25) is 0 Å². The van der Waals surface area contributed by atoms with E-state index < -0.39 is 52.0 Å². The van der Waals surface area contributed by atoms with E-state index in [1.807, 2.05) is 6.92 Å². The number of pyridine rings is 1. The number of nitrogen functional groups attached to an aromatic ring is 1. The molecule has 3 N–H and O–H groups in total. The zero-order valence-corrected chi connectivity index (χ0v) is 24.6. The molecule has 8 rings (SSSR count). The number of benzene rings is 1. The van der Waals surface area contributed by atoms with E-state index >= 15 is 4.39 Å². The summed E-state index contributed by atoms with van der Waals surface area (Å²) in [5, 5.41) is 3.76. The van der Waals surface area contributed by atoms with Crippen molar-refractivity contribution in [2.24, 2.45) is 0 Å². The highest BCUT2D eigenvalue weighted by Gasteiger charge is 2.48. The molecule has 2 aromatic heterocycles. The van der Waals surface area contributed by atoms with E-state index in [0.717, 1.165) is 45.3 Å². The number of fused-ring (bicyclic) bond motifs is 7. The Morgan fingerprint density at radius 1 is 1.13 bits per heavy atom. The van der Waals surface area contributed by atoms with Crippen molar-refractivity contribution < 1.29 is 36.2 Å². The fraction of sp³-hybridized carbons (Fsp3) is 0.567. The molecule has 4 saturated heterocycles. The molecule has 4 bridgehead atoms. The van der Waals surface area contributed by atoms with Crippen molar-refractivity contribution >= 4 is 22.4 Å². The number of halogens is 5. The Bertz CT molecular complexity index is 1710. The quantitative estimate of drug-likeness (QED) is 0.325. The minimum Gasteiger partial charge on any atom is -0.472 e. The van der Waals surface area contributed by atoms with Crippen LogP contribution in [0.4, 0.5) is 33.5 Å². The van der Waals surface area contributed by atoms with Gasteiger partial charge in [0, 0.05) is 43.3 Å². The molecule has 5 aliphatic rings. The molecular weight excluding hydrogens is 601 g/mol. The van der Waals surface area contributed by atoms with Crippen molar-refractivity contribution in [3.8, 4) is 23.1 Å². The molecule has 1 aromatic carbocycles. The Balaban J connectivity index is 1.32. The summed E-state index contributed by atoms with van der Waals surface area (Å²) < 4.78 is 92.7. The number of hydrogen-bond acceptors (Lipinski definition) is 10. The molecule has 45 heavy (non-hydrogen) atoms. The minimum absolute atomic E-state index is 0.0498. The number of piperazine rings is 1. The van der Waals surface area contributed by atoms with Crippen LogP contribution in [-0.4, -0.2) is 89.1 Å². The maximum Gasteiger partial charge on any atom is 0.417 e. The van der Waals surface area contributed by atoms with Gasteiger partial charge in [-0.15, -0.1) is 0 Å². The van der Waals surface area contributed by atoms with Gasteiger partial charge in [0.2, 0.25) is 5.88 Å². The first-order valence-electron chi connectivity index (χ1n) is 15.2. The number of ether oxygens (including phenoxy) is 3. The van der Waals surface area contributed by atoms with Gasteiger partial charge in [0.05, 0.1) is 30.0 Å². The summed E-state index contributed by atoms with van der Waals surface area (Å²) in [6.45, 7) is 5.80. The molecule has 5 aliphatic heterocycles. The summed E-state index contributed by atoms with van der Waals surface area (Å²) in [6.07, 6.45) is -2.80. The topological polar surface area (TPSA) is 111 Å². The number of nitrogens with one attached hydrogen (secondary N) is 1. The van der Waals surface area contributed by atoms with Crippen molar-refractivity contribution in [2.75, 3.05) is 43.5 Å². The molecule has 15 heteroatoms. The highest BCUT2D eigenvalue weighted by atomic mass is 19.4. The van der Waals surface area contributed by atoms with E-state index in [2.05, 4.69) is 25.1 Å². The van der Waals surface area contributed by atoms with E-state index in [9.17, 15) is 17.6 Å². The predicted octanol–water partition coefficient (Wildman–Crippen LogP) is 3.82. The second-order valence-electron chi connectivity index (χ2n) is 12.7. The molecule has 7 heterocycles. The summed E-state index contributed by atoms with van der Waals surface area (Å²) in [5.41, 5.74) is 1.37. The minimum atomic E-state index is -5.03. The summed E-state index contributed by atoms with van der Waals surface area (Å²) in [6, 6.07) is 0.714. The van der Waals surface area contributed by atoms with Gasteiger partial charge in [-0.1, -0.05) is 0 Å². The smallest absolute Gasteiger partial charge is 0.417 e. The first-order valence-corrected chi connectivity index (χ1v) is 15.2. The average molecular weight is 634 g/mol. The Morgan fingerprint density at radius 3 is 2.73 bits per heavy atom. The molecule has 0 aliphatic carbocycles. The van der Waals surface area contributed by atoms with Gasteiger partial charge in [0.25, 0.3) is 0 Å². The monoisotopic (exact) mass is 633 g/mol. The van der Waals surface area contributed by atoms with Crippen LogP contribution in [-0.2, 0) is 10.9 Å². The summed E-state index contributed by atoms with van der Waals surface area (Å²) in [4.78, 5) is 17.9. The second-order valence-corrected chi connectivity index (χ2v) is 12.7. The zero-order chi connectivity index (χ0) is 31.4. The maximum atomic E-state index is 16.7. The van der Waals surface area contributed by atoms with Gasteiger partial charge >= 0.3 is 12.2 Å². The van der Waals surface area contributed by atoms with Gasteiger partial charge < -0.3 is 30.2 Å². The summed E-state index contributed by atoms with van der Waals surface area (Å²) in [5.74, 6) is -2.12. The van der Waals surface area contributed by atoms with Crippen molar-refractivity contribution in [2.45, 2.75) is 75.7 Å². The summed E-state index contributed by atoms with van der Waals surface area (Å²) >= 11 is 0. The van der Waals surface area contributed by atoms with E-state index in [1.54, 1.807) is 0 Å². The van der Waals surface area contributed by atoms with Crippen LogP contribution in [0, 0.1) is 18.6 Å². The Morgan fingerprint density at radius 2 is 1.96 bits per heavy atom. The molecule has 4 fully saturated rings. The molecule has 0 spiro atoms. The molecule has 0 saturated carbocycles. The fourth-order valence-corrected chi connectivity index (χ4v) is 7.92.